The van der Waals surface area contributed by atoms with E-state index in [1.807, 2.05) is 6.92 Å². The standard InChI is InChI=1S/C22H21N3O6S/c1-12(13-6-8-14(9-7-13)32(2,30)31)23-16-5-3-4-15-19(16)22(29)25(21(15)28)17-10-11-18(26)24-20(17)27/h3-9,12,17,23H,10-11H2,1-2H3,(H,24,26,27)/t12-,17?/m1/s1. The van der Waals surface area contributed by atoms with Crippen molar-refractivity contribution in [2.24, 2.45) is 0 Å². The molecule has 0 aromatic heterocycles. The molecule has 2 heterocycles. The van der Waals surface area contributed by atoms with E-state index >= 15 is 0 Å². The minimum atomic E-state index is -3.31. The van der Waals surface area contributed by atoms with Crippen molar-refractivity contribution in [1.82, 2.24) is 10.2 Å². The van der Waals surface area contributed by atoms with E-state index in [9.17, 15) is 27.6 Å². The van der Waals surface area contributed by atoms with Gasteiger partial charge < -0.3 is 5.32 Å². The Morgan fingerprint density at radius 2 is 1.72 bits per heavy atom. The molecule has 2 atom stereocenters. The molecule has 0 spiro atoms. The van der Waals surface area contributed by atoms with Crippen LogP contribution >= 0.6 is 0 Å². The number of fused-ring (bicyclic) bond motifs is 1. The maximum absolute atomic E-state index is 13.2. The minimum Gasteiger partial charge on any atom is -0.378 e. The highest BCUT2D eigenvalue weighted by atomic mass is 32.2. The van der Waals surface area contributed by atoms with Crippen LogP contribution in [0.4, 0.5) is 5.69 Å². The summed E-state index contributed by atoms with van der Waals surface area (Å²) in [5.41, 5.74) is 1.57. The van der Waals surface area contributed by atoms with Crippen LogP contribution < -0.4 is 10.6 Å². The van der Waals surface area contributed by atoms with Gasteiger partial charge in [-0.2, -0.15) is 0 Å². The van der Waals surface area contributed by atoms with Crippen LogP contribution in [0.1, 0.15) is 52.1 Å². The van der Waals surface area contributed by atoms with E-state index < -0.39 is 39.5 Å². The summed E-state index contributed by atoms with van der Waals surface area (Å²) in [6.07, 6.45) is 1.27. The van der Waals surface area contributed by atoms with E-state index in [1.165, 1.54) is 18.2 Å². The molecule has 1 unspecified atom stereocenters. The Labute approximate surface area is 184 Å². The number of nitrogens with zero attached hydrogens (tertiary/aromatic N) is 1. The first-order valence-electron chi connectivity index (χ1n) is 9.99. The zero-order valence-electron chi connectivity index (χ0n) is 17.4. The fraction of sp³-hybridized carbons (Fsp3) is 0.273. The Hall–Kier alpha value is -3.53. The second-order valence-electron chi connectivity index (χ2n) is 7.88. The first-order valence-corrected chi connectivity index (χ1v) is 11.9. The third-order valence-electron chi connectivity index (χ3n) is 5.65. The number of hydrogen-bond acceptors (Lipinski definition) is 7. The second-order valence-corrected chi connectivity index (χ2v) is 9.90. The van der Waals surface area contributed by atoms with Crippen molar-refractivity contribution in [1.29, 1.82) is 0 Å². The Morgan fingerprint density at radius 3 is 2.34 bits per heavy atom. The zero-order chi connectivity index (χ0) is 23.2. The SMILES string of the molecule is C[C@@H](Nc1cccc2c1C(=O)N(C1CCC(=O)NC1=O)C2=O)c1ccc(S(C)(=O)=O)cc1. The molecule has 0 radical (unpaired) electrons. The molecule has 2 aromatic rings. The average molecular weight is 455 g/mol. The number of nitrogens with one attached hydrogen (secondary N) is 2. The molecular weight excluding hydrogens is 434 g/mol. The monoisotopic (exact) mass is 455 g/mol. The highest BCUT2D eigenvalue weighted by Gasteiger charge is 2.45. The fourth-order valence-electron chi connectivity index (χ4n) is 3.96. The molecular formula is C22H21N3O6S. The van der Waals surface area contributed by atoms with Crippen molar-refractivity contribution in [3.8, 4) is 0 Å². The van der Waals surface area contributed by atoms with Crippen molar-refractivity contribution < 1.29 is 27.6 Å². The first-order chi connectivity index (χ1) is 15.1. The second kappa shape index (κ2) is 7.86. The number of piperidine rings is 1. The number of carbonyl (C=O) groups is 4. The van der Waals surface area contributed by atoms with Crippen molar-refractivity contribution in [2.75, 3.05) is 11.6 Å². The van der Waals surface area contributed by atoms with E-state index in [4.69, 9.17) is 0 Å². The summed E-state index contributed by atoms with van der Waals surface area (Å²) in [7, 11) is -3.31. The molecule has 10 heteroatoms. The van der Waals surface area contributed by atoms with Gasteiger partial charge in [-0.1, -0.05) is 18.2 Å². The maximum Gasteiger partial charge on any atom is 0.264 e. The van der Waals surface area contributed by atoms with Gasteiger partial charge in [0.05, 0.1) is 16.0 Å². The third kappa shape index (κ3) is 3.77. The van der Waals surface area contributed by atoms with Crippen LogP contribution in [0.2, 0.25) is 0 Å². The van der Waals surface area contributed by atoms with E-state index in [2.05, 4.69) is 10.6 Å². The lowest BCUT2D eigenvalue weighted by Crippen LogP contribution is -2.54. The molecule has 0 saturated carbocycles. The first kappa shape index (κ1) is 21.7. The molecule has 0 aliphatic carbocycles. The summed E-state index contributed by atoms with van der Waals surface area (Å²) in [4.78, 5) is 50.9. The molecule has 32 heavy (non-hydrogen) atoms. The molecule has 9 nitrogen and oxygen atoms in total. The summed E-state index contributed by atoms with van der Waals surface area (Å²) in [6.45, 7) is 1.84. The topological polar surface area (TPSA) is 130 Å². The van der Waals surface area contributed by atoms with Gasteiger partial charge in [-0.15, -0.1) is 0 Å². The van der Waals surface area contributed by atoms with E-state index in [-0.39, 0.29) is 34.9 Å². The number of carbonyl (C=O) groups excluding carboxylic acids is 4. The summed E-state index contributed by atoms with van der Waals surface area (Å²) in [6, 6.07) is 9.88. The Balaban J connectivity index is 1.61. The Kier molecular flexibility index (Phi) is 5.33. The number of sulfone groups is 1. The molecule has 0 bridgehead atoms. The van der Waals surface area contributed by atoms with Crippen molar-refractivity contribution in [3.63, 3.8) is 0 Å². The Morgan fingerprint density at radius 1 is 1.03 bits per heavy atom. The number of benzene rings is 2. The molecule has 166 valence electrons. The molecule has 2 N–H and O–H groups in total. The molecule has 1 fully saturated rings. The molecule has 2 aromatic carbocycles. The van der Waals surface area contributed by atoms with Crippen LogP contribution in [0.3, 0.4) is 0 Å². The van der Waals surface area contributed by atoms with Crippen LogP contribution in [0, 0.1) is 0 Å². The lowest BCUT2D eigenvalue weighted by atomic mass is 10.0. The fourth-order valence-corrected chi connectivity index (χ4v) is 4.59. The van der Waals surface area contributed by atoms with Crippen molar-refractivity contribution in [3.05, 3.63) is 59.2 Å². The summed E-state index contributed by atoms with van der Waals surface area (Å²) in [5.74, 6) is -2.26. The molecule has 1 saturated heterocycles. The third-order valence-corrected chi connectivity index (χ3v) is 6.78. The molecule has 2 aliphatic rings. The van der Waals surface area contributed by atoms with E-state index in [1.54, 1.807) is 24.3 Å². The quantitative estimate of drug-likeness (QED) is 0.656. The Bertz CT molecular complexity index is 1250. The highest BCUT2D eigenvalue weighted by Crippen LogP contribution is 2.34. The summed E-state index contributed by atoms with van der Waals surface area (Å²) in [5, 5.41) is 5.38. The van der Waals surface area contributed by atoms with Crippen LogP contribution in [0.25, 0.3) is 0 Å². The molecule has 2 aliphatic heterocycles. The van der Waals surface area contributed by atoms with Gasteiger partial charge in [0.25, 0.3) is 11.8 Å². The number of imide groups is 2. The van der Waals surface area contributed by atoms with E-state index in [0.29, 0.717) is 5.69 Å². The predicted molar refractivity (Wildman–Crippen MR) is 115 cm³/mol. The predicted octanol–water partition coefficient (Wildman–Crippen LogP) is 1.66. The highest BCUT2D eigenvalue weighted by molar-refractivity contribution is 7.90. The van der Waals surface area contributed by atoms with Gasteiger partial charge in [0, 0.05) is 24.4 Å². The van der Waals surface area contributed by atoms with Gasteiger partial charge >= 0.3 is 0 Å². The smallest absolute Gasteiger partial charge is 0.264 e. The normalized spacial score (nSPS) is 19.6. The maximum atomic E-state index is 13.2. The van der Waals surface area contributed by atoms with Crippen molar-refractivity contribution in [2.45, 2.75) is 36.7 Å². The van der Waals surface area contributed by atoms with Gasteiger partial charge in [0.2, 0.25) is 11.8 Å². The number of amides is 4. The number of anilines is 1. The van der Waals surface area contributed by atoms with Gasteiger partial charge in [-0.25, -0.2) is 8.42 Å². The van der Waals surface area contributed by atoms with Gasteiger partial charge in [-0.05, 0) is 43.2 Å². The number of rotatable bonds is 5. The minimum absolute atomic E-state index is 0.0510. The van der Waals surface area contributed by atoms with Gasteiger partial charge in [-0.3, -0.25) is 29.4 Å². The van der Waals surface area contributed by atoms with Gasteiger partial charge in [0.15, 0.2) is 9.84 Å². The van der Waals surface area contributed by atoms with E-state index in [0.717, 1.165) is 16.7 Å². The molecule has 4 amide bonds. The average Bonchev–Trinajstić information content (AvgIpc) is 2.99. The summed E-state index contributed by atoms with van der Waals surface area (Å²) < 4.78 is 23.3. The van der Waals surface area contributed by atoms with Crippen molar-refractivity contribution >= 4 is 39.2 Å². The molecule has 4 rings (SSSR count). The van der Waals surface area contributed by atoms with Crippen LogP contribution in [0.5, 0.6) is 0 Å². The number of hydrogen-bond donors (Lipinski definition) is 2. The van der Waals surface area contributed by atoms with Crippen LogP contribution in [-0.4, -0.2) is 49.2 Å². The lowest BCUT2D eigenvalue weighted by molar-refractivity contribution is -0.136. The van der Waals surface area contributed by atoms with Gasteiger partial charge in [0.1, 0.15) is 6.04 Å². The van der Waals surface area contributed by atoms with Crippen LogP contribution in [-0.2, 0) is 19.4 Å². The van der Waals surface area contributed by atoms with Crippen LogP contribution in [0.15, 0.2) is 47.4 Å². The largest absolute Gasteiger partial charge is 0.378 e. The summed E-state index contributed by atoms with van der Waals surface area (Å²) >= 11 is 0. The zero-order valence-corrected chi connectivity index (χ0v) is 18.2. The lowest BCUT2D eigenvalue weighted by Gasteiger charge is -2.28.